The Morgan fingerprint density at radius 3 is 2.50 bits per heavy atom. The third kappa shape index (κ3) is 3.38. The fourth-order valence-corrected chi connectivity index (χ4v) is 2.79. The summed E-state index contributed by atoms with van der Waals surface area (Å²) in [4.78, 5) is 17.0. The molecule has 0 unspecified atom stereocenters. The summed E-state index contributed by atoms with van der Waals surface area (Å²) in [5.41, 5.74) is 1.76. The van der Waals surface area contributed by atoms with Crippen molar-refractivity contribution in [1.82, 2.24) is 5.32 Å². The third-order valence-corrected chi connectivity index (χ3v) is 3.96. The Bertz CT molecular complexity index is 737. The first-order valence-corrected chi connectivity index (χ1v) is 7.55. The SMILES string of the molecule is COc1ccc(/C=C2/SC(=Nc3ccccc3)NC2=O)cc1. The number of para-hydroxylation sites is 1. The second-order valence-electron chi connectivity index (χ2n) is 4.59. The van der Waals surface area contributed by atoms with E-state index in [1.54, 1.807) is 7.11 Å². The Labute approximate surface area is 132 Å². The minimum absolute atomic E-state index is 0.129. The summed E-state index contributed by atoms with van der Waals surface area (Å²) in [6, 6.07) is 17.1. The van der Waals surface area contributed by atoms with E-state index in [1.807, 2.05) is 60.7 Å². The molecule has 1 aliphatic heterocycles. The van der Waals surface area contributed by atoms with Crippen molar-refractivity contribution in [3.05, 3.63) is 65.1 Å². The van der Waals surface area contributed by atoms with Gasteiger partial charge in [0.25, 0.3) is 5.91 Å². The van der Waals surface area contributed by atoms with Gasteiger partial charge in [0.2, 0.25) is 0 Å². The maximum absolute atomic E-state index is 12.0. The fourth-order valence-electron chi connectivity index (χ4n) is 1.95. The molecule has 0 bridgehead atoms. The van der Waals surface area contributed by atoms with Crippen molar-refractivity contribution < 1.29 is 9.53 Å². The van der Waals surface area contributed by atoms with Crippen LogP contribution >= 0.6 is 11.8 Å². The van der Waals surface area contributed by atoms with Crippen molar-refractivity contribution in [2.24, 2.45) is 4.99 Å². The number of nitrogens with zero attached hydrogens (tertiary/aromatic N) is 1. The Balaban J connectivity index is 1.79. The molecular formula is C17H14N2O2S. The average molecular weight is 310 g/mol. The van der Waals surface area contributed by atoms with E-state index in [9.17, 15) is 4.79 Å². The maximum atomic E-state index is 12.0. The topological polar surface area (TPSA) is 50.7 Å². The Kier molecular flexibility index (Phi) is 4.25. The quantitative estimate of drug-likeness (QED) is 0.882. The molecule has 0 radical (unpaired) electrons. The van der Waals surface area contributed by atoms with Crippen molar-refractivity contribution >= 4 is 34.6 Å². The van der Waals surface area contributed by atoms with Crippen LogP contribution in [0.4, 0.5) is 5.69 Å². The predicted molar refractivity (Wildman–Crippen MR) is 90.2 cm³/mol. The molecule has 5 heteroatoms. The predicted octanol–water partition coefficient (Wildman–Crippen LogP) is 3.59. The lowest BCUT2D eigenvalue weighted by atomic mass is 10.2. The van der Waals surface area contributed by atoms with Crippen LogP contribution in [0, 0.1) is 0 Å². The highest BCUT2D eigenvalue weighted by atomic mass is 32.2. The standard InChI is InChI=1S/C17H14N2O2S/c1-21-14-9-7-12(8-10-14)11-15-16(20)19-17(22-15)18-13-5-3-2-4-6-13/h2-11H,1H3,(H,18,19,20)/b15-11+. The summed E-state index contributed by atoms with van der Waals surface area (Å²) in [5.74, 6) is 0.660. The van der Waals surface area contributed by atoms with E-state index in [2.05, 4.69) is 10.3 Å². The molecule has 3 rings (SSSR count). The zero-order chi connectivity index (χ0) is 15.4. The smallest absolute Gasteiger partial charge is 0.264 e. The third-order valence-electron chi connectivity index (χ3n) is 3.05. The largest absolute Gasteiger partial charge is 0.497 e. The van der Waals surface area contributed by atoms with Gasteiger partial charge in [-0.2, -0.15) is 0 Å². The lowest BCUT2D eigenvalue weighted by molar-refractivity contribution is -0.115. The van der Waals surface area contributed by atoms with Gasteiger partial charge in [-0.1, -0.05) is 30.3 Å². The van der Waals surface area contributed by atoms with E-state index in [0.29, 0.717) is 10.1 Å². The van der Waals surface area contributed by atoms with Crippen molar-refractivity contribution in [3.63, 3.8) is 0 Å². The van der Waals surface area contributed by atoms with Crippen LogP contribution in [-0.2, 0) is 4.79 Å². The zero-order valence-corrected chi connectivity index (χ0v) is 12.8. The van der Waals surface area contributed by atoms with E-state index >= 15 is 0 Å². The fraction of sp³-hybridized carbons (Fsp3) is 0.0588. The molecule has 0 saturated carbocycles. The van der Waals surface area contributed by atoms with Gasteiger partial charge in [-0.15, -0.1) is 0 Å². The molecule has 1 aliphatic rings. The molecule has 2 aromatic carbocycles. The van der Waals surface area contributed by atoms with Crippen molar-refractivity contribution in [2.75, 3.05) is 7.11 Å². The normalized spacial score (nSPS) is 17.8. The first-order chi connectivity index (χ1) is 10.7. The summed E-state index contributed by atoms with van der Waals surface area (Å²) in [7, 11) is 1.63. The van der Waals surface area contributed by atoms with Crippen LogP contribution in [0.5, 0.6) is 5.75 Å². The van der Waals surface area contributed by atoms with Gasteiger partial charge in [0.15, 0.2) is 5.17 Å². The van der Waals surface area contributed by atoms with Gasteiger partial charge in [0.05, 0.1) is 17.7 Å². The highest BCUT2D eigenvalue weighted by Crippen LogP contribution is 2.28. The van der Waals surface area contributed by atoms with Crippen LogP contribution in [0.15, 0.2) is 64.5 Å². The van der Waals surface area contributed by atoms with Crippen LogP contribution in [-0.4, -0.2) is 18.2 Å². The summed E-state index contributed by atoms with van der Waals surface area (Å²) in [6.07, 6.45) is 1.84. The van der Waals surface area contributed by atoms with E-state index in [-0.39, 0.29) is 5.91 Å². The second-order valence-corrected chi connectivity index (χ2v) is 5.62. The van der Waals surface area contributed by atoms with Crippen LogP contribution < -0.4 is 10.1 Å². The molecule has 22 heavy (non-hydrogen) atoms. The number of hydrogen-bond acceptors (Lipinski definition) is 4. The molecule has 0 spiro atoms. The Hall–Kier alpha value is -2.53. The minimum atomic E-state index is -0.129. The highest BCUT2D eigenvalue weighted by Gasteiger charge is 2.23. The molecule has 0 aliphatic carbocycles. The van der Waals surface area contributed by atoms with Gasteiger partial charge in [-0.05, 0) is 47.7 Å². The van der Waals surface area contributed by atoms with Crippen LogP contribution in [0.25, 0.3) is 6.08 Å². The average Bonchev–Trinajstić information content (AvgIpc) is 2.88. The van der Waals surface area contributed by atoms with Gasteiger partial charge in [-0.25, -0.2) is 4.99 Å². The lowest BCUT2D eigenvalue weighted by Gasteiger charge is -1.99. The molecule has 1 amide bonds. The molecule has 4 nitrogen and oxygen atoms in total. The van der Waals surface area contributed by atoms with Gasteiger partial charge in [0, 0.05) is 0 Å². The molecule has 110 valence electrons. The monoisotopic (exact) mass is 310 g/mol. The van der Waals surface area contributed by atoms with Gasteiger partial charge >= 0.3 is 0 Å². The number of ether oxygens (including phenoxy) is 1. The number of rotatable bonds is 3. The Morgan fingerprint density at radius 1 is 1.09 bits per heavy atom. The van der Waals surface area contributed by atoms with Gasteiger partial charge in [0.1, 0.15) is 5.75 Å². The van der Waals surface area contributed by atoms with E-state index in [4.69, 9.17) is 4.74 Å². The number of amidine groups is 1. The number of nitrogens with one attached hydrogen (secondary N) is 1. The number of thioether (sulfide) groups is 1. The van der Waals surface area contributed by atoms with Gasteiger partial charge < -0.3 is 10.1 Å². The van der Waals surface area contributed by atoms with Gasteiger partial charge in [-0.3, -0.25) is 4.79 Å². The number of benzene rings is 2. The van der Waals surface area contributed by atoms with Crippen LogP contribution in [0.3, 0.4) is 0 Å². The highest BCUT2D eigenvalue weighted by molar-refractivity contribution is 8.18. The second kappa shape index (κ2) is 6.49. The summed E-state index contributed by atoms with van der Waals surface area (Å²) < 4.78 is 5.12. The Morgan fingerprint density at radius 2 is 1.82 bits per heavy atom. The number of methoxy groups -OCH3 is 1. The number of aliphatic imine (C=N–C) groups is 1. The van der Waals surface area contributed by atoms with E-state index in [1.165, 1.54) is 11.8 Å². The number of carbonyl (C=O) groups excluding carboxylic acids is 1. The summed E-state index contributed by atoms with van der Waals surface area (Å²) in [5, 5.41) is 3.37. The molecular weight excluding hydrogens is 296 g/mol. The number of hydrogen-bond donors (Lipinski definition) is 1. The first-order valence-electron chi connectivity index (χ1n) is 6.73. The van der Waals surface area contributed by atoms with Crippen molar-refractivity contribution in [1.29, 1.82) is 0 Å². The molecule has 1 fully saturated rings. The number of amides is 1. The van der Waals surface area contributed by atoms with Crippen LogP contribution in [0.2, 0.25) is 0 Å². The number of carbonyl (C=O) groups is 1. The minimum Gasteiger partial charge on any atom is -0.497 e. The maximum Gasteiger partial charge on any atom is 0.264 e. The zero-order valence-electron chi connectivity index (χ0n) is 11.9. The molecule has 2 aromatic rings. The van der Waals surface area contributed by atoms with E-state index < -0.39 is 0 Å². The van der Waals surface area contributed by atoms with E-state index in [0.717, 1.165) is 17.0 Å². The molecule has 0 atom stereocenters. The first kappa shape index (κ1) is 14.4. The molecule has 1 N–H and O–H groups in total. The molecule has 1 heterocycles. The van der Waals surface area contributed by atoms with Crippen molar-refractivity contribution in [2.45, 2.75) is 0 Å². The summed E-state index contributed by atoms with van der Waals surface area (Å²) >= 11 is 1.34. The van der Waals surface area contributed by atoms with Crippen LogP contribution in [0.1, 0.15) is 5.56 Å². The lowest BCUT2D eigenvalue weighted by Crippen LogP contribution is -2.19. The van der Waals surface area contributed by atoms with Crippen molar-refractivity contribution in [3.8, 4) is 5.75 Å². The molecule has 1 saturated heterocycles. The summed E-state index contributed by atoms with van der Waals surface area (Å²) in [6.45, 7) is 0. The molecule has 0 aromatic heterocycles.